The maximum Gasteiger partial charge on any atom is 0.257 e. The molecular formula is C16H17BrN2O4S. The normalized spacial score (nSPS) is 11.1. The highest BCUT2D eigenvalue weighted by molar-refractivity contribution is 9.10. The summed E-state index contributed by atoms with van der Waals surface area (Å²) < 4.78 is 28.6. The number of benzene rings is 2. The first-order valence-corrected chi connectivity index (χ1v) is 9.45. The summed E-state index contributed by atoms with van der Waals surface area (Å²) in [5.74, 6) is 0.394. The molecule has 2 aromatic rings. The maximum atomic E-state index is 11.7. The lowest BCUT2D eigenvalue weighted by Gasteiger charge is -2.08. The van der Waals surface area contributed by atoms with Gasteiger partial charge in [0.25, 0.3) is 5.91 Å². The smallest absolute Gasteiger partial charge is 0.257 e. The third kappa shape index (κ3) is 5.95. The number of hydrogen-bond donors (Lipinski definition) is 2. The summed E-state index contributed by atoms with van der Waals surface area (Å²) in [5.41, 5.74) is 0.900. The summed E-state index contributed by atoms with van der Waals surface area (Å²) in [6.45, 7) is 0.364. The van der Waals surface area contributed by atoms with Crippen LogP contribution >= 0.6 is 15.9 Å². The van der Waals surface area contributed by atoms with Gasteiger partial charge in [-0.25, -0.2) is 13.6 Å². The van der Waals surface area contributed by atoms with Gasteiger partial charge in [0.1, 0.15) is 5.75 Å². The predicted molar refractivity (Wildman–Crippen MR) is 94.2 cm³/mol. The second-order valence-corrected chi connectivity index (χ2v) is 7.51. The van der Waals surface area contributed by atoms with Crippen molar-refractivity contribution in [2.24, 2.45) is 5.14 Å². The molecule has 128 valence electrons. The van der Waals surface area contributed by atoms with E-state index in [9.17, 15) is 13.2 Å². The number of carbonyl (C=O) groups is 1. The van der Waals surface area contributed by atoms with Crippen LogP contribution < -0.4 is 15.2 Å². The van der Waals surface area contributed by atoms with Crippen LogP contribution in [-0.2, 0) is 21.2 Å². The molecule has 8 heteroatoms. The van der Waals surface area contributed by atoms with E-state index in [4.69, 9.17) is 9.88 Å². The molecule has 0 aliphatic carbocycles. The first-order chi connectivity index (χ1) is 11.3. The zero-order valence-electron chi connectivity index (χ0n) is 12.7. The highest BCUT2D eigenvalue weighted by Gasteiger charge is 2.07. The number of nitrogens with two attached hydrogens (primary N) is 1. The molecular weight excluding hydrogens is 396 g/mol. The molecule has 1 amide bonds. The van der Waals surface area contributed by atoms with E-state index >= 15 is 0 Å². The van der Waals surface area contributed by atoms with E-state index in [-0.39, 0.29) is 17.4 Å². The van der Waals surface area contributed by atoms with Gasteiger partial charge in [0, 0.05) is 11.0 Å². The average Bonchev–Trinajstić information content (AvgIpc) is 2.54. The predicted octanol–water partition coefficient (Wildman–Crippen LogP) is 1.83. The van der Waals surface area contributed by atoms with Crippen LogP contribution in [0.15, 0.2) is 57.9 Å². The van der Waals surface area contributed by atoms with Gasteiger partial charge in [0.05, 0.1) is 4.90 Å². The number of nitrogens with one attached hydrogen (secondary N) is 1. The van der Waals surface area contributed by atoms with Crippen molar-refractivity contribution in [2.75, 3.05) is 13.2 Å². The number of ether oxygens (including phenoxy) is 1. The molecule has 0 aliphatic rings. The van der Waals surface area contributed by atoms with Gasteiger partial charge in [-0.1, -0.05) is 28.1 Å². The van der Waals surface area contributed by atoms with Crippen molar-refractivity contribution in [2.45, 2.75) is 11.3 Å². The van der Waals surface area contributed by atoms with Crippen LogP contribution in [-0.4, -0.2) is 27.5 Å². The highest BCUT2D eigenvalue weighted by Crippen LogP contribution is 2.15. The molecule has 0 unspecified atom stereocenters. The van der Waals surface area contributed by atoms with E-state index in [1.165, 1.54) is 12.1 Å². The average molecular weight is 413 g/mol. The number of halogens is 1. The van der Waals surface area contributed by atoms with Crippen LogP contribution in [0.25, 0.3) is 0 Å². The Morgan fingerprint density at radius 2 is 1.71 bits per heavy atom. The van der Waals surface area contributed by atoms with Gasteiger partial charge in [-0.3, -0.25) is 4.79 Å². The van der Waals surface area contributed by atoms with Crippen LogP contribution in [0, 0.1) is 0 Å². The van der Waals surface area contributed by atoms with E-state index in [2.05, 4.69) is 21.2 Å². The van der Waals surface area contributed by atoms with Crippen LogP contribution in [0.1, 0.15) is 5.56 Å². The molecule has 2 rings (SSSR count). The zero-order chi connectivity index (χ0) is 17.6. The molecule has 2 aromatic carbocycles. The number of carbonyl (C=O) groups excluding carboxylic acids is 1. The lowest BCUT2D eigenvalue weighted by atomic mass is 10.1. The third-order valence-corrected chi connectivity index (χ3v) is 4.63. The molecule has 0 fully saturated rings. The Kier molecular flexibility index (Phi) is 6.36. The third-order valence-electron chi connectivity index (χ3n) is 3.17. The first-order valence-electron chi connectivity index (χ1n) is 7.11. The van der Waals surface area contributed by atoms with E-state index < -0.39 is 10.0 Å². The SMILES string of the molecule is NS(=O)(=O)c1ccc(CCNC(=O)COc2ccc(Br)cc2)cc1. The Bertz CT molecular complexity index is 790. The number of hydrogen-bond acceptors (Lipinski definition) is 4. The van der Waals surface area contributed by atoms with Crippen molar-refractivity contribution in [3.8, 4) is 5.75 Å². The maximum absolute atomic E-state index is 11.7. The largest absolute Gasteiger partial charge is 0.484 e. The van der Waals surface area contributed by atoms with Crippen molar-refractivity contribution in [3.63, 3.8) is 0 Å². The van der Waals surface area contributed by atoms with Gasteiger partial charge in [0.2, 0.25) is 10.0 Å². The molecule has 0 heterocycles. The van der Waals surface area contributed by atoms with Crippen LogP contribution in [0.5, 0.6) is 5.75 Å². The lowest BCUT2D eigenvalue weighted by molar-refractivity contribution is -0.123. The molecule has 0 aromatic heterocycles. The standard InChI is InChI=1S/C16H17BrN2O4S/c17-13-3-5-14(6-4-13)23-11-16(20)19-10-9-12-1-7-15(8-2-12)24(18,21)22/h1-8H,9-11H2,(H,19,20)(H2,18,21,22). The second kappa shape index (κ2) is 8.27. The molecule has 0 aliphatic heterocycles. The van der Waals surface area contributed by atoms with Gasteiger partial charge in [-0.05, 0) is 48.4 Å². The molecule has 24 heavy (non-hydrogen) atoms. The minimum Gasteiger partial charge on any atom is -0.484 e. The molecule has 0 radical (unpaired) electrons. The van der Waals surface area contributed by atoms with Crippen molar-refractivity contribution in [1.82, 2.24) is 5.32 Å². The summed E-state index contributed by atoms with van der Waals surface area (Å²) in [6.07, 6.45) is 0.578. The summed E-state index contributed by atoms with van der Waals surface area (Å²) in [5, 5.41) is 7.78. The number of primary sulfonamides is 1. The van der Waals surface area contributed by atoms with Gasteiger partial charge < -0.3 is 10.1 Å². The molecule has 3 N–H and O–H groups in total. The summed E-state index contributed by atoms with van der Waals surface area (Å²) in [6, 6.07) is 13.4. The monoisotopic (exact) mass is 412 g/mol. The van der Waals surface area contributed by atoms with Gasteiger partial charge in [0.15, 0.2) is 6.61 Å². The Morgan fingerprint density at radius 3 is 2.29 bits per heavy atom. The first kappa shape index (κ1) is 18.4. The molecule has 0 bridgehead atoms. The fourth-order valence-electron chi connectivity index (χ4n) is 1.92. The molecule has 0 saturated carbocycles. The van der Waals surface area contributed by atoms with Crippen LogP contribution in [0.4, 0.5) is 0 Å². The van der Waals surface area contributed by atoms with E-state index in [0.717, 1.165) is 10.0 Å². The van der Waals surface area contributed by atoms with E-state index in [0.29, 0.717) is 18.7 Å². The fourth-order valence-corrected chi connectivity index (χ4v) is 2.70. The summed E-state index contributed by atoms with van der Waals surface area (Å²) in [4.78, 5) is 11.8. The molecule has 0 saturated heterocycles. The van der Waals surface area contributed by atoms with Gasteiger partial charge >= 0.3 is 0 Å². The highest BCUT2D eigenvalue weighted by atomic mass is 79.9. The number of amides is 1. The van der Waals surface area contributed by atoms with Crippen LogP contribution in [0.3, 0.4) is 0 Å². The van der Waals surface area contributed by atoms with E-state index in [1.54, 1.807) is 24.3 Å². The fraction of sp³-hybridized carbons (Fsp3) is 0.188. The lowest BCUT2D eigenvalue weighted by Crippen LogP contribution is -2.30. The minimum atomic E-state index is -3.68. The zero-order valence-corrected chi connectivity index (χ0v) is 15.1. The van der Waals surface area contributed by atoms with Crippen molar-refractivity contribution in [3.05, 3.63) is 58.6 Å². The molecule has 0 spiro atoms. The Balaban J connectivity index is 1.73. The summed E-state index contributed by atoms with van der Waals surface area (Å²) in [7, 11) is -3.68. The topological polar surface area (TPSA) is 98.5 Å². The van der Waals surface area contributed by atoms with Gasteiger partial charge in [-0.2, -0.15) is 0 Å². The quantitative estimate of drug-likeness (QED) is 0.724. The molecule has 6 nitrogen and oxygen atoms in total. The van der Waals surface area contributed by atoms with Crippen molar-refractivity contribution < 1.29 is 17.9 Å². The van der Waals surface area contributed by atoms with Crippen molar-refractivity contribution >= 4 is 31.9 Å². The minimum absolute atomic E-state index is 0.0635. The second-order valence-electron chi connectivity index (χ2n) is 5.03. The number of sulfonamides is 1. The Morgan fingerprint density at radius 1 is 1.08 bits per heavy atom. The number of rotatable bonds is 7. The van der Waals surface area contributed by atoms with Gasteiger partial charge in [-0.15, -0.1) is 0 Å². The Labute approximate surface area is 149 Å². The van der Waals surface area contributed by atoms with Crippen molar-refractivity contribution in [1.29, 1.82) is 0 Å². The Hall–Kier alpha value is -1.90. The molecule has 0 atom stereocenters. The van der Waals surface area contributed by atoms with E-state index in [1.807, 2.05) is 12.1 Å². The summed E-state index contributed by atoms with van der Waals surface area (Å²) >= 11 is 3.32. The van der Waals surface area contributed by atoms with Crippen LogP contribution in [0.2, 0.25) is 0 Å².